The number of rotatable bonds is 5. The van der Waals surface area contributed by atoms with Crippen molar-refractivity contribution in [2.24, 2.45) is 5.73 Å². The van der Waals surface area contributed by atoms with E-state index in [1.54, 1.807) is 0 Å². The van der Waals surface area contributed by atoms with E-state index in [2.05, 4.69) is 21.2 Å². The molecule has 0 heterocycles. The first-order valence-electron chi connectivity index (χ1n) is 4.94. The number of benzene rings is 1. The molecule has 0 aliphatic carbocycles. The number of carbonyl (C=O) groups excluding carboxylic acids is 1. The summed E-state index contributed by atoms with van der Waals surface area (Å²) >= 11 is 3.46. The Morgan fingerprint density at radius 3 is 2.80 bits per heavy atom. The largest absolute Gasteiger partial charge is 0.356 e. The highest BCUT2D eigenvalue weighted by atomic mass is 79.9. The van der Waals surface area contributed by atoms with Crippen molar-refractivity contribution in [3.8, 4) is 0 Å². The van der Waals surface area contributed by atoms with Gasteiger partial charge in [-0.15, -0.1) is 0 Å². The van der Waals surface area contributed by atoms with Gasteiger partial charge in [-0.1, -0.05) is 34.1 Å². The van der Waals surface area contributed by atoms with E-state index in [0.29, 0.717) is 19.5 Å². The van der Waals surface area contributed by atoms with E-state index in [-0.39, 0.29) is 5.91 Å². The van der Waals surface area contributed by atoms with Gasteiger partial charge in [0.1, 0.15) is 0 Å². The third-order valence-corrected chi connectivity index (χ3v) is 2.82. The molecule has 0 aliphatic heterocycles. The zero-order valence-electron chi connectivity index (χ0n) is 8.50. The van der Waals surface area contributed by atoms with Gasteiger partial charge >= 0.3 is 0 Å². The van der Waals surface area contributed by atoms with Crippen LogP contribution in [-0.2, 0) is 11.2 Å². The Morgan fingerprint density at radius 2 is 2.13 bits per heavy atom. The van der Waals surface area contributed by atoms with E-state index in [4.69, 9.17) is 5.73 Å². The first-order chi connectivity index (χ1) is 7.24. The molecule has 82 valence electrons. The summed E-state index contributed by atoms with van der Waals surface area (Å²) in [7, 11) is 0. The van der Waals surface area contributed by atoms with Crippen molar-refractivity contribution in [1.29, 1.82) is 0 Å². The van der Waals surface area contributed by atoms with Crippen LogP contribution < -0.4 is 11.1 Å². The van der Waals surface area contributed by atoms with Crippen LogP contribution in [0.4, 0.5) is 0 Å². The number of halogens is 1. The molecule has 0 unspecified atom stereocenters. The minimum atomic E-state index is 0.0181. The van der Waals surface area contributed by atoms with Crippen LogP contribution >= 0.6 is 15.9 Å². The SMILES string of the molecule is NCCC(=O)NCCc1ccccc1Br. The van der Waals surface area contributed by atoms with Gasteiger partial charge in [0.2, 0.25) is 5.91 Å². The molecule has 0 saturated carbocycles. The Morgan fingerprint density at radius 1 is 1.40 bits per heavy atom. The van der Waals surface area contributed by atoms with Crippen molar-refractivity contribution in [3.63, 3.8) is 0 Å². The van der Waals surface area contributed by atoms with Gasteiger partial charge in [0.15, 0.2) is 0 Å². The van der Waals surface area contributed by atoms with Crippen molar-refractivity contribution < 1.29 is 4.79 Å². The van der Waals surface area contributed by atoms with Crippen molar-refractivity contribution in [2.45, 2.75) is 12.8 Å². The second-order valence-corrected chi connectivity index (χ2v) is 4.08. The molecule has 0 aliphatic rings. The zero-order valence-corrected chi connectivity index (χ0v) is 10.1. The first kappa shape index (κ1) is 12.2. The summed E-state index contributed by atoms with van der Waals surface area (Å²) in [5.74, 6) is 0.0181. The zero-order chi connectivity index (χ0) is 11.1. The van der Waals surface area contributed by atoms with Crippen molar-refractivity contribution in [1.82, 2.24) is 5.32 Å². The molecule has 0 fully saturated rings. The summed E-state index contributed by atoms with van der Waals surface area (Å²) in [5.41, 5.74) is 6.47. The van der Waals surface area contributed by atoms with E-state index in [1.165, 1.54) is 5.56 Å². The number of hydrogen-bond acceptors (Lipinski definition) is 2. The van der Waals surface area contributed by atoms with E-state index >= 15 is 0 Å². The van der Waals surface area contributed by atoms with Crippen molar-refractivity contribution in [3.05, 3.63) is 34.3 Å². The second kappa shape index (κ2) is 6.58. The summed E-state index contributed by atoms with van der Waals surface area (Å²) in [6.07, 6.45) is 1.23. The molecule has 0 atom stereocenters. The van der Waals surface area contributed by atoms with Gasteiger partial charge in [0, 0.05) is 24.0 Å². The Labute approximate surface area is 98.2 Å². The third kappa shape index (κ3) is 4.44. The molecule has 1 aromatic carbocycles. The fourth-order valence-corrected chi connectivity index (χ4v) is 1.74. The Balaban J connectivity index is 2.32. The maximum atomic E-state index is 11.1. The molecule has 0 spiro atoms. The fraction of sp³-hybridized carbons (Fsp3) is 0.364. The van der Waals surface area contributed by atoms with Gasteiger partial charge in [-0.2, -0.15) is 0 Å². The predicted molar refractivity (Wildman–Crippen MR) is 64.5 cm³/mol. The standard InChI is InChI=1S/C11H15BrN2O/c12-10-4-2-1-3-9(10)6-8-14-11(15)5-7-13/h1-4H,5-8,13H2,(H,14,15). The fourth-order valence-electron chi connectivity index (χ4n) is 1.26. The van der Waals surface area contributed by atoms with Gasteiger partial charge < -0.3 is 11.1 Å². The molecule has 1 aromatic rings. The first-order valence-corrected chi connectivity index (χ1v) is 5.73. The molecule has 1 rings (SSSR count). The van der Waals surface area contributed by atoms with Gasteiger partial charge in [-0.05, 0) is 18.1 Å². The smallest absolute Gasteiger partial charge is 0.221 e. The normalized spacial score (nSPS) is 10.0. The molecule has 1 amide bonds. The maximum absolute atomic E-state index is 11.1. The van der Waals surface area contributed by atoms with Gasteiger partial charge in [-0.3, -0.25) is 4.79 Å². The Hall–Kier alpha value is -0.870. The molecule has 0 radical (unpaired) electrons. The summed E-state index contributed by atoms with van der Waals surface area (Å²) in [6, 6.07) is 8.00. The van der Waals surface area contributed by atoms with Crippen LogP contribution in [0.5, 0.6) is 0 Å². The highest BCUT2D eigenvalue weighted by Gasteiger charge is 2.00. The minimum absolute atomic E-state index is 0.0181. The lowest BCUT2D eigenvalue weighted by molar-refractivity contribution is -0.120. The molecule has 0 aromatic heterocycles. The average Bonchev–Trinajstić information content (AvgIpc) is 2.21. The number of nitrogens with one attached hydrogen (secondary N) is 1. The van der Waals surface area contributed by atoms with E-state index in [0.717, 1.165) is 10.9 Å². The molecule has 0 bridgehead atoms. The van der Waals surface area contributed by atoms with E-state index in [1.807, 2.05) is 24.3 Å². The predicted octanol–water partition coefficient (Wildman–Crippen LogP) is 1.46. The van der Waals surface area contributed by atoms with E-state index < -0.39 is 0 Å². The second-order valence-electron chi connectivity index (χ2n) is 3.23. The average molecular weight is 271 g/mol. The molecule has 15 heavy (non-hydrogen) atoms. The highest BCUT2D eigenvalue weighted by Crippen LogP contribution is 2.15. The van der Waals surface area contributed by atoms with Gasteiger partial charge in [0.05, 0.1) is 0 Å². The summed E-state index contributed by atoms with van der Waals surface area (Å²) in [5, 5.41) is 2.82. The summed E-state index contributed by atoms with van der Waals surface area (Å²) in [6.45, 7) is 1.06. The van der Waals surface area contributed by atoms with Crippen LogP contribution in [0.25, 0.3) is 0 Å². The highest BCUT2D eigenvalue weighted by molar-refractivity contribution is 9.10. The lowest BCUT2D eigenvalue weighted by Gasteiger charge is -2.05. The van der Waals surface area contributed by atoms with Gasteiger partial charge in [-0.25, -0.2) is 0 Å². The molecule has 0 saturated heterocycles. The van der Waals surface area contributed by atoms with Crippen LogP contribution in [0.2, 0.25) is 0 Å². The van der Waals surface area contributed by atoms with Crippen LogP contribution in [0, 0.1) is 0 Å². The summed E-state index contributed by atoms with van der Waals surface area (Å²) in [4.78, 5) is 11.1. The Bertz CT molecular complexity index is 328. The van der Waals surface area contributed by atoms with Crippen LogP contribution in [0.15, 0.2) is 28.7 Å². The maximum Gasteiger partial charge on any atom is 0.221 e. The molecular weight excluding hydrogens is 256 g/mol. The van der Waals surface area contributed by atoms with Crippen molar-refractivity contribution in [2.75, 3.05) is 13.1 Å². The monoisotopic (exact) mass is 270 g/mol. The lowest BCUT2D eigenvalue weighted by Crippen LogP contribution is -2.27. The lowest BCUT2D eigenvalue weighted by atomic mass is 10.1. The van der Waals surface area contributed by atoms with Crippen molar-refractivity contribution >= 4 is 21.8 Å². The molecule has 4 heteroatoms. The van der Waals surface area contributed by atoms with Crippen LogP contribution in [0.1, 0.15) is 12.0 Å². The molecular formula is C11H15BrN2O. The third-order valence-electron chi connectivity index (χ3n) is 2.05. The van der Waals surface area contributed by atoms with Crippen LogP contribution in [-0.4, -0.2) is 19.0 Å². The molecule has 3 nitrogen and oxygen atoms in total. The quantitative estimate of drug-likeness (QED) is 0.851. The topological polar surface area (TPSA) is 55.1 Å². The number of carbonyl (C=O) groups is 1. The number of amides is 1. The minimum Gasteiger partial charge on any atom is -0.356 e. The van der Waals surface area contributed by atoms with Crippen LogP contribution in [0.3, 0.4) is 0 Å². The summed E-state index contributed by atoms with van der Waals surface area (Å²) < 4.78 is 1.08. The number of hydrogen-bond donors (Lipinski definition) is 2. The molecule has 3 N–H and O–H groups in total. The Kier molecular flexibility index (Phi) is 5.36. The van der Waals surface area contributed by atoms with E-state index in [9.17, 15) is 4.79 Å². The number of nitrogens with two attached hydrogens (primary N) is 1. The van der Waals surface area contributed by atoms with Gasteiger partial charge in [0.25, 0.3) is 0 Å².